The zero-order chi connectivity index (χ0) is 74.5. The van der Waals surface area contributed by atoms with Crippen molar-refractivity contribution < 1.29 is 37.5 Å². The van der Waals surface area contributed by atoms with Crippen molar-refractivity contribution >= 4 is 11.8 Å². The summed E-state index contributed by atoms with van der Waals surface area (Å²) in [7, 11) is 12.3. The quantitative estimate of drug-likeness (QED) is 0.0465. The number of quaternary nitrogens is 2. The van der Waals surface area contributed by atoms with Crippen LogP contribution in [0.25, 0.3) is 0 Å². The fourth-order valence-electron chi connectivity index (χ4n) is 15.8. The Morgan fingerprint density at radius 2 is 0.545 bits per heavy atom. The van der Waals surface area contributed by atoms with Gasteiger partial charge in [0.2, 0.25) is 0 Å². The van der Waals surface area contributed by atoms with Gasteiger partial charge in [0, 0.05) is 39.5 Å². The second kappa shape index (κ2) is 65.8. The average molecular weight is 1430 g/mol. The number of ether oxygens (including phenoxy) is 4. The van der Waals surface area contributed by atoms with Crippen molar-refractivity contribution in [2.24, 2.45) is 59.2 Å². The number of amides is 2. The third-order valence-electron chi connectivity index (χ3n) is 22.8. The topological polar surface area (TPSA) is 95.1 Å². The van der Waals surface area contributed by atoms with Crippen molar-refractivity contribution in [2.75, 3.05) is 108 Å². The van der Waals surface area contributed by atoms with Gasteiger partial charge in [0.25, 0.3) is 11.8 Å². The third kappa shape index (κ3) is 68.9. The molecule has 2 N–H and O–H groups in total. The number of unbranched alkanes of at least 4 members (excludes halogenated alkanes) is 24. The van der Waals surface area contributed by atoms with Crippen LogP contribution in [0.5, 0.6) is 0 Å². The molecule has 0 aromatic heterocycles. The molecule has 1 aliphatic rings. The highest BCUT2D eigenvalue weighted by molar-refractivity contribution is 5.77. The maximum atomic E-state index is 12.7. The van der Waals surface area contributed by atoms with E-state index in [0.29, 0.717) is 60.2 Å². The van der Waals surface area contributed by atoms with Crippen molar-refractivity contribution in [1.82, 2.24) is 10.6 Å². The molecule has 0 saturated heterocycles. The molecule has 0 heterocycles. The monoisotopic (exact) mass is 1430 g/mol. The van der Waals surface area contributed by atoms with Crippen molar-refractivity contribution in [2.45, 2.75) is 409 Å². The van der Waals surface area contributed by atoms with E-state index in [-0.39, 0.29) is 24.0 Å². The molecule has 0 spiro atoms. The van der Waals surface area contributed by atoms with Crippen LogP contribution in [0, 0.1) is 59.2 Å². The van der Waals surface area contributed by atoms with E-state index in [2.05, 4.69) is 122 Å². The van der Waals surface area contributed by atoms with Crippen LogP contribution in [0.1, 0.15) is 397 Å². The molecule has 1 saturated carbocycles. The Morgan fingerprint density at radius 1 is 0.307 bits per heavy atom. The molecular weight excluding hydrogens is 1250 g/mol. The molecule has 101 heavy (non-hydrogen) atoms. The number of carbonyl (C=O) groups is 2. The first kappa shape index (κ1) is 97.7. The minimum atomic E-state index is -0.0935. The molecule has 0 aliphatic heterocycles. The zero-order valence-corrected chi connectivity index (χ0v) is 71.4. The highest BCUT2D eigenvalue weighted by Crippen LogP contribution is 2.37. The van der Waals surface area contributed by atoms with Crippen LogP contribution >= 0.6 is 0 Å². The van der Waals surface area contributed by atoms with E-state index in [4.69, 9.17) is 18.9 Å². The molecule has 2 amide bonds. The zero-order valence-electron chi connectivity index (χ0n) is 71.4. The van der Waals surface area contributed by atoms with Crippen molar-refractivity contribution in [1.29, 1.82) is 0 Å². The lowest BCUT2D eigenvalue weighted by Gasteiger charge is -2.24. The summed E-state index contributed by atoms with van der Waals surface area (Å²) < 4.78 is 26.4. The van der Waals surface area contributed by atoms with Crippen LogP contribution in [-0.2, 0) is 28.5 Å². The Bertz CT molecular complexity index is 1670. The number of rotatable bonds is 76. The Labute approximate surface area is 632 Å². The predicted octanol–water partition coefficient (Wildman–Crippen LogP) is 24.7. The van der Waals surface area contributed by atoms with Gasteiger partial charge in [0.05, 0.1) is 67.7 Å². The van der Waals surface area contributed by atoms with Gasteiger partial charge in [-0.15, -0.1) is 0 Å². The molecular formula is C91H184N4O6+2. The van der Waals surface area contributed by atoms with E-state index < -0.39 is 0 Å². The SMILES string of the molecule is CC(C)CCC[C@@H](C)CCC[C@@H](C)CCCC(C)CCO[C@H](CNC(=O)C[N+](C)(C)C)COCCCCCCCCCCCCCCC[C@@H]1CC[C@H](CCCCCCCCCCCCCCCOC[C@@H](CNC(=O)C[N+](C)(C)C)OCCC(C)CCC[C@H](C)CCC[C@H](C)CCCC(C)C)C1. The first-order valence-electron chi connectivity index (χ1n) is 44.9. The maximum Gasteiger partial charge on any atom is 0.275 e. The predicted molar refractivity (Wildman–Crippen MR) is 440 cm³/mol. The highest BCUT2D eigenvalue weighted by Gasteiger charge is 2.24. The summed E-state index contributed by atoms with van der Waals surface area (Å²) in [5, 5.41) is 6.28. The number of hydrogen-bond donors (Lipinski definition) is 2. The first-order valence-corrected chi connectivity index (χ1v) is 44.9. The molecule has 0 aromatic carbocycles. The largest absolute Gasteiger partial charge is 0.379 e. The number of nitrogens with one attached hydrogen (secondary N) is 2. The average Bonchev–Trinajstić information content (AvgIpc) is 2.00. The normalized spacial score (nSPS) is 17.0. The van der Waals surface area contributed by atoms with Gasteiger partial charge < -0.3 is 38.5 Å². The minimum Gasteiger partial charge on any atom is -0.379 e. The summed E-state index contributed by atoms with van der Waals surface area (Å²) in [4.78, 5) is 25.3. The second-order valence-electron chi connectivity index (χ2n) is 37.5. The Hall–Kier alpha value is -1.30. The van der Waals surface area contributed by atoms with Gasteiger partial charge in [-0.1, -0.05) is 365 Å². The van der Waals surface area contributed by atoms with Crippen LogP contribution in [0.2, 0.25) is 0 Å². The Morgan fingerprint density at radius 3 is 0.802 bits per heavy atom. The number of carbonyl (C=O) groups excluding carboxylic acids is 2. The molecule has 0 bridgehead atoms. The first-order chi connectivity index (χ1) is 48.4. The van der Waals surface area contributed by atoms with Gasteiger partial charge in [-0.3, -0.25) is 9.59 Å². The molecule has 1 fully saturated rings. The molecule has 602 valence electrons. The summed E-state index contributed by atoms with van der Waals surface area (Å²) >= 11 is 0. The van der Waals surface area contributed by atoms with Gasteiger partial charge in [0.15, 0.2) is 13.1 Å². The van der Waals surface area contributed by atoms with E-state index in [1.54, 1.807) is 0 Å². The molecule has 0 radical (unpaired) electrons. The van der Waals surface area contributed by atoms with Gasteiger partial charge in [0.1, 0.15) is 0 Å². The molecule has 10 atom stereocenters. The smallest absolute Gasteiger partial charge is 0.275 e. The lowest BCUT2D eigenvalue weighted by molar-refractivity contribution is -0.862. The molecule has 10 nitrogen and oxygen atoms in total. The molecule has 1 aliphatic carbocycles. The van der Waals surface area contributed by atoms with Crippen LogP contribution in [0.4, 0.5) is 0 Å². The van der Waals surface area contributed by atoms with Gasteiger partial charge in [-0.25, -0.2) is 0 Å². The number of likely N-dealkylation sites (N-methyl/N-ethyl adjacent to an activating group) is 2. The third-order valence-corrected chi connectivity index (χ3v) is 22.8. The number of hydrogen-bond acceptors (Lipinski definition) is 6. The Kier molecular flexibility index (Phi) is 63.6. The van der Waals surface area contributed by atoms with Crippen molar-refractivity contribution in [3.63, 3.8) is 0 Å². The van der Waals surface area contributed by atoms with E-state index in [1.165, 1.54) is 302 Å². The van der Waals surface area contributed by atoms with E-state index in [1.807, 2.05) is 0 Å². The standard InChI is InChI=1S/C91H182N4O6/c1-78(2)49-43-51-80(5)53-45-55-82(7)57-47-59-84(9)65-69-100-88(72-92-90(96)74-94(11,12)13)76-98-67-41-37-33-29-25-21-17-19-23-27-31-35-39-61-86-63-64-87(71-86)62-40-36-32-28-24-20-18-22-26-30-34-38-42-68-99-77-89(73-93-91(97)75-95(14,15)16)101-70-66-85(10)60-48-58-83(8)56-46-54-81(6)52-44-50-79(3)4/h78-89H,17-77H2,1-16H3/p+2/t80-,81-,82-,83-,84?,85?,86-,87+,88-,89-/m1/s1. The lowest BCUT2D eigenvalue weighted by Crippen LogP contribution is -2.46. The molecule has 0 aromatic rings. The van der Waals surface area contributed by atoms with Crippen LogP contribution in [0.3, 0.4) is 0 Å². The maximum absolute atomic E-state index is 12.7. The lowest BCUT2D eigenvalue weighted by atomic mass is 9.91. The second-order valence-corrected chi connectivity index (χ2v) is 37.5. The summed E-state index contributed by atoms with van der Waals surface area (Å²) in [5.41, 5.74) is 0. The van der Waals surface area contributed by atoms with Crippen LogP contribution in [0.15, 0.2) is 0 Å². The highest BCUT2D eigenvalue weighted by atomic mass is 16.5. The summed E-state index contributed by atoms with van der Waals surface area (Å²) in [5.74, 6) is 8.60. The fourth-order valence-corrected chi connectivity index (χ4v) is 15.8. The minimum absolute atomic E-state index is 0.0809. The van der Waals surface area contributed by atoms with E-state index in [0.717, 1.165) is 99.5 Å². The Balaban J connectivity index is 2.03. The number of nitrogens with zero attached hydrogens (tertiary/aromatic N) is 2. The van der Waals surface area contributed by atoms with Crippen molar-refractivity contribution in [3.05, 3.63) is 0 Å². The fraction of sp³-hybridized carbons (Fsp3) is 0.978. The molecule has 2 unspecified atom stereocenters. The summed E-state index contributed by atoms with van der Waals surface area (Å²) in [6, 6.07) is 0. The van der Waals surface area contributed by atoms with Gasteiger partial charge in [-0.2, -0.15) is 0 Å². The van der Waals surface area contributed by atoms with Crippen LogP contribution < -0.4 is 10.6 Å². The summed E-state index contributed by atoms with van der Waals surface area (Å²) in [6.07, 6.45) is 69.8. The van der Waals surface area contributed by atoms with Gasteiger partial charge in [-0.05, 0) is 91.3 Å². The molecule has 10 heteroatoms. The van der Waals surface area contributed by atoms with E-state index >= 15 is 0 Å². The van der Waals surface area contributed by atoms with Crippen molar-refractivity contribution in [3.8, 4) is 0 Å². The summed E-state index contributed by atoms with van der Waals surface area (Å²) in [6.45, 7) is 30.1. The van der Waals surface area contributed by atoms with E-state index in [9.17, 15) is 9.59 Å². The molecule has 1 rings (SSSR count). The van der Waals surface area contributed by atoms with Gasteiger partial charge >= 0.3 is 0 Å². The van der Waals surface area contributed by atoms with Crippen LogP contribution in [-0.4, -0.2) is 141 Å².